The van der Waals surface area contributed by atoms with Crippen molar-refractivity contribution >= 4 is 24.1 Å². The molecule has 1 unspecified atom stereocenters. The summed E-state index contributed by atoms with van der Waals surface area (Å²) in [6.07, 6.45) is -0.696. The summed E-state index contributed by atoms with van der Waals surface area (Å²) in [5, 5.41) is 0. The van der Waals surface area contributed by atoms with E-state index in [2.05, 4.69) is 4.74 Å². The van der Waals surface area contributed by atoms with Gasteiger partial charge in [-0.05, 0) is 50.8 Å². The molecule has 184 valence electrons. The van der Waals surface area contributed by atoms with E-state index in [4.69, 9.17) is 24.7 Å². The standard InChI is InChI=1S/C23H33NO9/c1-6-8-20(25)32-18-11-10-16(13-19(18)33-21(26)9-7-2)12-17(24)22(27)30-14(3)15(4)31-23(28)29-5/h10-11,13-15,17H,6-9,12,24H2,1-5H3/t14-,15?,17-/m0/s1. The molecule has 3 atom stereocenters. The molecule has 0 aromatic heterocycles. The molecule has 0 fully saturated rings. The van der Waals surface area contributed by atoms with Crippen molar-refractivity contribution in [3.05, 3.63) is 23.8 Å². The Bertz CT molecular complexity index is 824. The van der Waals surface area contributed by atoms with Crippen LogP contribution in [-0.2, 0) is 35.0 Å². The van der Waals surface area contributed by atoms with E-state index in [0.29, 0.717) is 18.4 Å². The maximum Gasteiger partial charge on any atom is 0.508 e. The van der Waals surface area contributed by atoms with Crippen molar-refractivity contribution < 1.29 is 42.9 Å². The number of benzene rings is 1. The smallest absolute Gasteiger partial charge is 0.458 e. The summed E-state index contributed by atoms with van der Waals surface area (Å²) in [6, 6.07) is 3.57. The van der Waals surface area contributed by atoms with Gasteiger partial charge in [0.05, 0.1) is 7.11 Å². The van der Waals surface area contributed by atoms with Gasteiger partial charge in [-0.1, -0.05) is 19.9 Å². The maximum absolute atomic E-state index is 12.4. The van der Waals surface area contributed by atoms with Gasteiger partial charge in [-0.2, -0.15) is 0 Å². The lowest BCUT2D eigenvalue weighted by Gasteiger charge is -2.22. The number of carbonyl (C=O) groups is 4. The minimum absolute atomic E-state index is 0.0688. The lowest BCUT2D eigenvalue weighted by Crippen LogP contribution is -2.39. The third-order valence-electron chi connectivity index (χ3n) is 4.53. The third-order valence-corrected chi connectivity index (χ3v) is 4.53. The number of ether oxygens (including phenoxy) is 5. The highest BCUT2D eigenvalue weighted by atomic mass is 16.7. The molecule has 0 bridgehead atoms. The SMILES string of the molecule is CCCC(=O)Oc1ccc(C[C@H](N)C(=O)O[C@@H](C)C(C)OC(=O)OC)cc1OC(=O)CCC. The summed E-state index contributed by atoms with van der Waals surface area (Å²) >= 11 is 0. The molecule has 1 aromatic carbocycles. The van der Waals surface area contributed by atoms with Gasteiger partial charge in [0, 0.05) is 12.8 Å². The van der Waals surface area contributed by atoms with Gasteiger partial charge in [-0.25, -0.2) is 4.79 Å². The monoisotopic (exact) mass is 467 g/mol. The Balaban J connectivity index is 2.89. The molecule has 0 aliphatic rings. The molecule has 0 spiro atoms. The molecule has 1 aromatic rings. The Morgan fingerprint density at radius 1 is 0.879 bits per heavy atom. The molecule has 0 heterocycles. The Kier molecular flexibility index (Phi) is 11.9. The fourth-order valence-corrected chi connectivity index (χ4v) is 2.60. The van der Waals surface area contributed by atoms with E-state index in [1.54, 1.807) is 19.9 Å². The van der Waals surface area contributed by atoms with Crippen molar-refractivity contribution in [3.8, 4) is 11.5 Å². The fourth-order valence-electron chi connectivity index (χ4n) is 2.60. The highest BCUT2D eigenvalue weighted by molar-refractivity contribution is 5.77. The van der Waals surface area contributed by atoms with Crippen LogP contribution in [0, 0.1) is 0 Å². The van der Waals surface area contributed by atoms with Crippen molar-refractivity contribution in [3.63, 3.8) is 0 Å². The number of hydrogen-bond acceptors (Lipinski definition) is 10. The van der Waals surface area contributed by atoms with Crippen LogP contribution >= 0.6 is 0 Å². The van der Waals surface area contributed by atoms with Crippen LogP contribution in [0.5, 0.6) is 11.5 Å². The van der Waals surface area contributed by atoms with Crippen LogP contribution in [0.3, 0.4) is 0 Å². The highest BCUT2D eigenvalue weighted by Gasteiger charge is 2.25. The third kappa shape index (κ3) is 9.90. The van der Waals surface area contributed by atoms with E-state index in [1.807, 2.05) is 13.8 Å². The van der Waals surface area contributed by atoms with Crippen LogP contribution in [0.1, 0.15) is 58.9 Å². The predicted molar refractivity (Wildman–Crippen MR) is 118 cm³/mol. The Hall–Kier alpha value is -3.14. The van der Waals surface area contributed by atoms with E-state index in [-0.39, 0.29) is 30.8 Å². The van der Waals surface area contributed by atoms with E-state index < -0.39 is 42.3 Å². The largest absolute Gasteiger partial charge is 0.508 e. The topological polar surface area (TPSA) is 140 Å². The highest BCUT2D eigenvalue weighted by Crippen LogP contribution is 2.30. The normalized spacial score (nSPS) is 13.3. The van der Waals surface area contributed by atoms with Crippen molar-refractivity contribution in [1.29, 1.82) is 0 Å². The molecule has 0 saturated carbocycles. The predicted octanol–water partition coefficient (Wildman–Crippen LogP) is 3.07. The second kappa shape index (κ2) is 14.1. The molecule has 0 aliphatic carbocycles. The lowest BCUT2D eigenvalue weighted by molar-refractivity contribution is -0.155. The van der Waals surface area contributed by atoms with Gasteiger partial charge < -0.3 is 29.4 Å². The number of esters is 3. The summed E-state index contributed by atoms with van der Waals surface area (Å²) < 4.78 is 25.3. The van der Waals surface area contributed by atoms with Crippen molar-refractivity contribution in [2.45, 2.75) is 78.0 Å². The van der Waals surface area contributed by atoms with E-state index in [0.717, 1.165) is 0 Å². The van der Waals surface area contributed by atoms with Crippen LogP contribution in [0.15, 0.2) is 18.2 Å². The van der Waals surface area contributed by atoms with Crippen LogP contribution in [0.2, 0.25) is 0 Å². The summed E-state index contributed by atoms with van der Waals surface area (Å²) in [5.74, 6) is -1.44. The first-order chi connectivity index (χ1) is 15.6. The van der Waals surface area contributed by atoms with E-state index >= 15 is 0 Å². The summed E-state index contributed by atoms with van der Waals surface area (Å²) in [5.41, 5.74) is 6.55. The van der Waals surface area contributed by atoms with Crippen LogP contribution in [-0.4, -0.2) is 49.4 Å². The molecule has 33 heavy (non-hydrogen) atoms. The van der Waals surface area contributed by atoms with Gasteiger partial charge >= 0.3 is 24.1 Å². The van der Waals surface area contributed by atoms with E-state index in [1.165, 1.54) is 19.2 Å². The van der Waals surface area contributed by atoms with E-state index in [9.17, 15) is 19.2 Å². The van der Waals surface area contributed by atoms with Crippen molar-refractivity contribution in [2.75, 3.05) is 7.11 Å². The van der Waals surface area contributed by atoms with Crippen LogP contribution < -0.4 is 15.2 Å². The molecule has 2 N–H and O–H groups in total. The van der Waals surface area contributed by atoms with Gasteiger partial charge in [0.1, 0.15) is 18.2 Å². The van der Waals surface area contributed by atoms with Crippen LogP contribution in [0.4, 0.5) is 4.79 Å². The molecule has 10 heteroatoms. The number of methoxy groups -OCH3 is 1. The molecular weight excluding hydrogens is 434 g/mol. The maximum atomic E-state index is 12.4. The van der Waals surface area contributed by atoms with Gasteiger partial charge in [-0.3, -0.25) is 14.4 Å². The molecule has 1 rings (SSSR count). The Labute approximate surface area is 193 Å². The lowest BCUT2D eigenvalue weighted by atomic mass is 10.1. The summed E-state index contributed by atoms with van der Waals surface area (Å²) in [7, 11) is 1.17. The fraction of sp³-hybridized carbons (Fsp3) is 0.565. The first kappa shape index (κ1) is 27.9. The van der Waals surface area contributed by atoms with Crippen molar-refractivity contribution in [2.24, 2.45) is 5.73 Å². The van der Waals surface area contributed by atoms with Crippen molar-refractivity contribution in [1.82, 2.24) is 0 Å². The molecule has 0 amide bonds. The molecule has 10 nitrogen and oxygen atoms in total. The Morgan fingerprint density at radius 3 is 1.97 bits per heavy atom. The van der Waals surface area contributed by atoms with Gasteiger partial charge in [-0.15, -0.1) is 0 Å². The van der Waals surface area contributed by atoms with Gasteiger partial charge in [0.25, 0.3) is 0 Å². The zero-order valence-electron chi connectivity index (χ0n) is 19.8. The second-order valence-corrected chi connectivity index (χ2v) is 7.46. The molecule has 0 aliphatic heterocycles. The zero-order valence-corrected chi connectivity index (χ0v) is 19.8. The van der Waals surface area contributed by atoms with Gasteiger partial charge in [0.2, 0.25) is 0 Å². The summed E-state index contributed by atoms with van der Waals surface area (Å²) in [6.45, 7) is 6.79. The minimum Gasteiger partial charge on any atom is -0.458 e. The Morgan fingerprint density at radius 2 is 1.42 bits per heavy atom. The molecule has 0 saturated heterocycles. The molecular formula is C23H33NO9. The number of nitrogens with two attached hydrogens (primary N) is 1. The second-order valence-electron chi connectivity index (χ2n) is 7.46. The average molecular weight is 468 g/mol. The van der Waals surface area contributed by atoms with Gasteiger partial charge in [0.15, 0.2) is 11.5 Å². The average Bonchev–Trinajstić information content (AvgIpc) is 2.75. The number of rotatable bonds is 12. The number of hydrogen-bond donors (Lipinski definition) is 1. The first-order valence-electron chi connectivity index (χ1n) is 10.9. The zero-order chi connectivity index (χ0) is 25.0. The van der Waals surface area contributed by atoms with Crippen LogP contribution in [0.25, 0.3) is 0 Å². The quantitative estimate of drug-likeness (QED) is 0.360. The minimum atomic E-state index is -1.04. The number of carbonyl (C=O) groups excluding carboxylic acids is 4. The summed E-state index contributed by atoms with van der Waals surface area (Å²) in [4.78, 5) is 47.5. The first-order valence-corrected chi connectivity index (χ1v) is 10.9. The molecule has 0 radical (unpaired) electrons.